The highest BCUT2D eigenvalue weighted by Crippen LogP contribution is 2.34. The fourth-order valence-electron chi connectivity index (χ4n) is 1.27. The highest BCUT2D eigenvalue weighted by atomic mass is 79.9. The van der Waals surface area contributed by atoms with E-state index < -0.39 is 16.4 Å². The van der Waals surface area contributed by atoms with Crippen molar-refractivity contribution in [3.8, 4) is 11.6 Å². The van der Waals surface area contributed by atoms with Crippen LogP contribution in [0.1, 0.15) is 0 Å². The van der Waals surface area contributed by atoms with Gasteiger partial charge in [-0.2, -0.15) is 4.98 Å². The maximum atomic E-state index is 13.4. The highest BCUT2D eigenvalue weighted by molar-refractivity contribution is 9.10. The predicted octanol–water partition coefficient (Wildman–Crippen LogP) is 2.66. The van der Waals surface area contributed by atoms with Crippen LogP contribution in [0.15, 0.2) is 28.9 Å². The third kappa shape index (κ3) is 2.94. The summed E-state index contributed by atoms with van der Waals surface area (Å²) in [6, 6.07) is 3.25. The van der Waals surface area contributed by atoms with Crippen molar-refractivity contribution in [3.63, 3.8) is 0 Å². The van der Waals surface area contributed by atoms with Gasteiger partial charge in [0.1, 0.15) is 5.82 Å². The van der Waals surface area contributed by atoms with Gasteiger partial charge in [0.25, 0.3) is 0 Å². The second-order valence-corrected chi connectivity index (χ2v) is 4.20. The van der Waals surface area contributed by atoms with E-state index in [4.69, 9.17) is 10.5 Å². The Bertz CT molecular complexity index is 653. The number of nitrogens with two attached hydrogens (primary N) is 1. The molecule has 0 atom stereocenters. The summed E-state index contributed by atoms with van der Waals surface area (Å²) in [4.78, 5) is 17.5. The van der Waals surface area contributed by atoms with E-state index in [-0.39, 0.29) is 22.1 Å². The lowest BCUT2D eigenvalue weighted by Gasteiger charge is -2.06. The monoisotopic (exact) mass is 328 g/mol. The summed E-state index contributed by atoms with van der Waals surface area (Å²) in [6.45, 7) is 0. The average Bonchev–Trinajstić information content (AvgIpc) is 2.33. The molecule has 0 aliphatic heterocycles. The Hall–Kier alpha value is -2.29. The molecule has 0 amide bonds. The summed E-state index contributed by atoms with van der Waals surface area (Å²) in [5.74, 6) is -1.04. The van der Waals surface area contributed by atoms with Gasteiger partial charge in [-0.15, -0.1) is 0 Å². The fourth-order valence-corrected chi connectivity index (χ4v) is 1.60. The molecule has 1 heterocycles. The first kappa shape index (κ1) is 13.1. The number of benzene rings is 1. The van der Waals surface area contributed by atoms with E-state index in [1.165, 1.54) is 12.3 Å². The minimum atomic E-state index is -0.692. The Kier molecular flexibility index (Phi) is 3.56. The van der Waals surface area contributed by atoms with Crippen molar-refractivity contribution < 1.29 is 14.1 Å². The predicted molar refractivity (Wildman–Crippen MR) is 67.3 cm³/mol. The van der Waals surface area contributed by atoms with Crippen molar-refractivity contribution in [2.45, 2.75) is 0 Å². The van der Waals surface area contributed by atoms with Gasteiger partial charge in [0.15, 0.2) is 0 Å². The van der Waals surface area contributed by atoms with Gasteiger partial charge in [0.05, 0.1) is 9.40 Å². The number of nitrogen functional groups attached to an aromatic ring is 1. The van der Waals surface area contributed by atoms with Crippen LogP contribution in [0.25, 0.3) is 0 Å². The standard InChI is InChI=1S/C10H6BrFN4O3/c11-5-3-7(16(17)18)8(4-6(5)12)19-9-1-2-14-10(13)15-9/h1-4H,(H2,13,14,15). The molecule has 0 saturated carbocycles. The largest absolute Gasteiger partial charge is 0.432 e. The lowest BCUT2D eigenvalue weighted by molar-refractivity contribution is -0.385. The average molecular weight is 329 g/mol. The van der Waals surface area contributed by atoms with E-state index in [9.17, 15) is 14.5 Å². The number of hydrogen-bond acceptors (Lipinski definition) is 6. The molecule has 0 aliphatic rings. The lowest BCUT2D eigenvalue weighted by atomic mass is 10.3. The molecular formula is C10H6BrFN4O3. The van der Waals surface area contributed by atoms with Crippen LogP contribution in [0, 0.1) is 15.9 Å². The molecule has 0 unspecified atom stereocenters. The van der Waals surface area contributed by atoms with Gasteiger partial charge in [-0.25, -0.2) is 9.37 Å². The van der Waals surface area contributed by atoms with Gasteiger partial charge in [-0.3, -0.25) is 10.1 Å². The van der Waals surface area contributed by atoms with E-state index >= 15 is 0 Å². The van der Waals surface area contributed by atoms with E-state index in [2.05, 4.69) is 25.9 Å². The van der Waals surface area contributed by atoms with Crippen LogP contribution in [0.3, 0.4) is 0 Å². The van der Waals surface area contributed by atoms with Crippen LogP contribution in [-0.4, -0.2) is 14.9 Å². The van der Waals surface area contributed by atoms with Crippen molar-refractivity contribution >= 4 is 27.6 Å². The molecule has 0 aliphatic carbocycles. The SMILES string of the molecule is Nc1nccc(Oc2cc(F)c(Br)cc2[N+](=O)[O-])n1. The number of anilines is 1. The second kappa shape index (κ2) is 5.14. The molecular weight excluding hydrogens is 323 g/mol. The zero-order valence-electron chi connectivity index (χ0n) is 9.21. The molecule has 98 valence electrons. The van der Waals surface area contributed by atoms with Gasteiger partial charge < -0.3 is 10.5 Å². The number of nitrogens with zero attached hydrogens (tertiary/aromatic N) is 3. The summed E-state index contributed by atoms with van der Waals surface area (Å²) in [7, 11) is 0. The number of nitro benzene ring substituents is 1. The first-order valence-corrected chi connectivity index (χ1v) is 5.66. The lowest BCUT2D eigenvalue weighted by Crippen LogP contribution is -1.99. The van der Waals surface area contributed by atoms with Gasteiger partial charge in [-0.1, -0.05) is 0 Å². The van der Waals surface area contributed by atoms with Gasteiger partial charge in [0.2, 0.25) is 17.6 Å². The Morgan fingerprint density at radius 3 is 2.84 bits per heavy atom. The second-order valence-electron chi connectivity index (χ2n) is 3.35. The summed E-state index contributed by atoms with van der Waals surface area (Å²) >= 11 is 2.86. The third-order valence-electron chi connectivity index (χ3n) is 2.06. The van der Waals surface area contributed by atoms with E-state index in [0.717, 1.165) is 12.1 Å². The zero-order valence-corrected chi connectivity index (χ0v) is 10.8. The van der Waals surface area contributed by atoms with Crippen molar-refractivity contribution in [1.29, 1.82) is 0 Å². The molecule has 2 aromatic rings. The van der Waals surface area contributed by atoms with Crippen LogP contribution in [0.4, 0.5) is 16.0 Å². The van der Waals surface area contributed by atoms with Gasteiger partial charge in [0, 0.05) is 24.4 Å². The zero-order chi connectivity index (χ0) is 14.0. The fraction of sp³-hybridized carbons (Fsp3) is 0. The number of nitro groups is 1. The molecule has 0 spiro atoms. The number of ether oxygens (including phenoxy) is 1. The third-order valence-corrected chi connectivity index (χ3v) is 2.67. The molecule has 19 heavy (non-hydrogen) atoms. The maximum absolute atomic E-state index is 13.4. The molecule has 0 fully saturated rings. The Morgan fingerprint density at radius 2 is 2.21 bits per heavy atom. The molecule has 0 radical (unpaired) electrons. The van der Waals surface area contributed by atoms with Gasteiger partial charge in [-0.05, 0) is 15.9 Å². The van der Waals surface area contributed by atoms with Crippen molar-refractivity contribution in [2.75, 3.05) is 5.73 Å². The summed E-state index contributed by atoms with van der Waals surface area (Å²) in [6.07, 6.45) is 1.32. The molecule has 1 aromatic carbocycles. The van der Waals surface area contributed by atoms with Crippen LogP contribution >= 0.6 is 15.9 Å². The minimum absolute atomic E-state index is 0.0164. The first-order valence-electron chi connectivity index (χ1n) is 4.87. The summed E-state index contributed by atoms with van der Waals surface area (Å²) in [5.41, 5.74) is 4.95. The molecule has 9 heteroatoms. The Morgan fingerprint density at radius 1 is 1.47 bits per heavy atom. The minimum Gasteiger partial charge on any atom is -0.432 e. The molecule has 0 saturated heterocycles. The van der Waals surface area contributed by atoms with Crippen molar-refractivity contribution in [2.24, 2.45) is 0 Å². The van der Waals surface area contributed by atoms with E-state index in [1.807, 2.05) is 0 Å². The molecule has 2 N–H and O–H groups in total. The number of aromatic nitrogens is 2. The molecule has 2 rings (SSSR count). The van der Waals surface area contributed by atoms with Crippen molar-refractivity contribution in [3.05, 3.63) is 44.8 Å². The molecule has 1 aromatic heterocycles. The normalized spacial score (nSPS) is 10.2. The molecule has 7 nitrogen and oxygen atoms in total. The topological polar surface area (TPSA) is 104 Å². The van der Waals surface area contributed by atoms with Crippen molar-refractivity contribution in [1.82, 2.24) is 9.97 Å². The number of rotatable bonds is 3. The smallest absolute Gasteiger partial charge is 0.312 e. The molecule has 0 bridgehead atoms. The van der Waals surface area contributed by atoms with Gasteiger partial charge >= 0.3 is 5.69 Å². The highest BCUT2D eigenvalue weighted by Gasteiger charge is 2.20. The van der Waals surface area contributed by atoms with Crippen LogP contribution in [-0.2, 0) is 0 Å². The van der Waals surface area contributed by atoms with Crippen LogP contribution < -0.4 is 10.5 Å². The van der Waals surface area contributed by atoms with E-state index in [1.54, 1.807) is 0 Å². The Labute approximate surface area is 114 Å². The number of hydrogen-bond donors (Lipinski definition) is 1. The first-order chi connectivity index (χ1) is 8.97. The summed E-state index contributed by atoms with van der Waals surface area (Å²) < 4.78 is 18.5. The quantitative estimate of drug-likeness (QED) is 0.686. The van der Waals surface area contributed by atoms with Crippen LogP contribution in [0.2, 0.25) is 0 Å². The Balaban J connectivity index is 2.44. The van der Waals surface area contributed by atoms with Crippen LogP contribution in [0.5, 0.6) is 11.6 Å². The maximum Gasteiger partial charge on any atom is 0.312 e. The number of halogens is 2. The summed E-state index contributed by atoms with van der Waals surface area (Å²) in [5, 5.41) is 10.9. The van der Waals surface area contributed by atoms with E-state index in [0.29, 0.717) is 0 Å².